The van der Waals surface area contributed by atoms with E-state index >= 15 is 0 Å². The average Bonchev–Trinajstić information content (AvgIpc) is 1.94. The Balaban J connectivity index is 0.00000121. The van der Waals surface area contributed by atoms with Crippen molar-refractivity contribution in [3.63, 3.8) is 0 Å². The van der Waals surface area contributed by atoms with Crippen molar-refractivity contribution in [3.05, 3.63) is 28.3 Å². The minimum Gasteiger partial charge on any atom is -0.542 e. The van der Waals surface area contributed by atoms with Crippen LogP contribution in [0.1, 0.15) is 10.6 Å². The second-order valence-corrected chi connectivity index (χ2v) is 1.78. The van der Waals surface area contributed by atoms with Gasteiger partial charge in [0, 0.05) is 6.07 Å². The smallest absolute Gasteiger partial charge is 0.542 e. The van der Waals surface area contributed by atoms with Crippen LogP contribution in [0, 0.1) is 0 Å². The van der Waals surface area contributed by atoms with E-state index in [-0.39, 0.29) is 18.9 Å². The third-order valence-electron chi connectivity index (χ3n) is 1.01. The Bertz CT molecular complexity index is 342. The summed E-state index contributed by atoms with van der Waals surface area (Å²) < 4.78 is 4.29. The van der Waals surface area contributed by atoms with Crippen LogP contribution in [-0.4, -0.2) is 11.1 Å². The molecule has 0 aliphatic carbocycles. The molecule has 0 saturated heterocycles. The number of carboxylic acids is 1. The molecule has 1 aromatic heterocycles. The normalized spacial score (nSPS) is 8.67. The molecule has 0 radical (unpaired) electrons. The number of rotatable bonds is 1. The summed E-state index contributed by atoms with van der Waals surface area (Å²) in [4.78, 5) is 20.6. The summed E-state index contributed by atoms with van der Waals surface area (Å²) in [5.41, 5.74) is -0.810. The number of carbonyl (C=O) groups is 1. The minimum atomic E-state index is -1.60. The summed E-state index contributed by atoms with van der Waals surface area (Å²) >= 11 is 0. The molecule has 0 saturated carbocycles. The molecule has 1 rings (SSSR count). The quantitative estimate of drug-likeness (QED) is 0.422. The van der Waals surface area contributed by atoms with Gasteiger partial charge in [-0.1, -0.05) is 0 Å². The third-order valence-corrected chi connectivity index (χ3v) is 1.01. The van der Waals surface area contributed by atoms with E-state index in [0.717, 1.165) is 0 Å². The molecule has 0 amide bonds. The van der Waals surface area contributed by atoms with Gasteiger partial charge in [0.05, 0.1) is 0 Å². The van der Waals surface area contributed by atoms with E-state index in [9.17, 15) is 14.7 Å². The molecular weight excluding hydrogens is 159 g/mol. The second-order valence-electron chi connectivity index (χ2n) is 1.78. The van der Waals surface area contributed by atoms with Gasteiger partial charge >= 0.3 is 18.9 Å². The first-order chi connectivity index (χ1) is 5.11. The zero-order chi connectivity index (χ0) is 8.43. The van der Waals surface area contributed by atoms with E-state index in [0.29, 0.717) is 12.3 Å². The Labute approximate surface area is 78.8 Å². The molecular formula is C6H3LiO5. The van der Waals surface area contributed by atoms with Gasteiger partial charge in [-0.15, -0.1) is 0 Å². The van der Waals surface area contributed by atoms with Crippen LogP contribution in [0.25, 0.3) is 0 Å². The fraction of sp³-hybridized carbons (Fsp3) is 0. The van der Waals surface area contributed by atoms with E-state index in [2.05, 4.69) is 4.42 Å². The standard InChI is InChI=1S/C6H4O5.Li/c7-3-1-5(6(9)10)11-2-4(3)8;/h1-2,8H,(H,9,10);/q;+1/p-1. The van der Waals surface area contributed by atoms with Gasteiger partial charge in [0.1, 0.15) is 12.2 Å². The zero-order valence-corrected chi connectivity index (χ0v) is 6.23. The first-order valence-corrected chi connectivity index (χ1v) is 2.64. The van der Waals surface area contributed by atoms with Crippen LogP contribution in [0.5, 0.6) is 5.75 Å². The van der Waals surface area contributed by atoms with Crippen molar-refractivity contribution in [1.82, 2.24) is 0 Å². The molecule has 0 aromatic carbocycles. The number of hydrogen-bond acceptors (Lipinski definition) is 5. The van der Waals surface area contributed by atoms with Crippen molar-refractivity contribution < 1.29 is 38.3 Å². The van der Waals surface area contributed by atoms with Crippen molar-refractivity contribution >= 4 is 5.97 Å². The molecule has 1 heterocycles. The summed E-state index contributed by atoms with van der Waals surface area (Å²) in [6, 6.07) is 0.644. The van der Waals surface area contributed by atoms with Crippen LogP contribution in [0.2, 0.25) is 0 Å². The molecule has 0 aliphatic rings. The molecule has 1 N–H and O–H groups in total. The molecule has 12 heavy (non-hydrogen) atoms. The predicted molar refractivity (Wildman–Crippen MR) is 31.0 cm³/mol. The number of aromatic hydroxyl groups is 1. The molecule has 0 fully saturated rings. The fourth-order valence-corrected chi connectivity index (χ4v) is 0.511. The molecule has 58 valence electrons. The maximum atomic E-state index is 10.5. The molecule has 1 aromatic rings. The molecule has 0 spiro atoms. The topological polar surface area (TPSA) is 90.6 Å². The van der Waals surface area contributed by atoms with Crippen molar-refractivity contribution in [2.45, 2.75) is 0 Å². The van der Waals surface area contributed by atoms with Crippen LogP contribution in [0.15, 0.2) is 21.5 Å². The average molecular weight is 162 g/mol. The summed E-state index contributed by atoms with van der Waals surface area (Å²) in [5.74, 6) is -2.83. The Morgan fingerprint density at radius 2 is 2.17 bits per heavy atom. The van der Waals surface area contributed by atoms with Gasteiger partial charge in [0.2, 0.25) is 5.43 Å². The van der Waals surface area contributed by atoms with Crippen LogP contribution in [0.3, 0.4) is 0 Å². The van der Waals surface area contributed by atoms with Crippen molar-refractivity contribution in [2.24, 2.45) is 0 Å². The summed E-state index contributed by atoms with van der Waals surface area (Å²) in [5, 5.41) is 18.6. The van der Waals surface area contributed by atoms with Crippen molar-refractivity contribution in [2.75, 3.05) is 0 Å². The van der Waals surface area contributed by atoms with Gasteiger partial charge in [-0.3, -0.25) is 4.79 Å². The summed E-state index contributed by atoms with van der Waals surface area (Å²) in [7, 11) is 0. The van der Waals surface area contributed by atoms with Crippen molar-refractivity contribution in [1.29, 1.82) is 0 Å². The molecule has 0 atom stereocenters. The van der Waals surface area contributed by atoms with Crippen LogP contribution >= 0.6 is 0 Å². The maximum absolute atomic E-state index is 10.5. The van der Waals surface area contributed by atoms with Crippen molar-refractivity contribution in [3.8, 4) is 5.75 Å². The van der Waals surface area contributed by atoms with Crippen LogP contribution < -0.4 is 29.4 Å². The van der Waals surface area contributed by atoms with Gasteiger partial charge < -0.3 is 19.4 Å². The molecule has 0 bridgehead atoms. The van der Waals surface area contributed by atoms with Crippen LogP contribution in [-0.2, 0) is 0 Å². The minimum absolute atomic E-state index is 0. The van der Waals surface area contributed by atoms with E-state index in [1.807, 2.05) is 0 Å². The Morgan fingerprint density at radius 1 is 1.58 bits per heavy atom. The van der Waals surface area contributed by atoms with Gasteiger partial charge in [-0.2, -0.15) is 0 Å². The van der Waals surface area contributed by atoms with E-state index in [4.69, 9.17) is 5.11 Å². The first-order valence-electron chi connectivity index (χ1n) is 2.64. The third kappa shape index (κ3) is 2.15. The van der Waals surface area contributed by atoms with E-state index < -0.39 is 22.9 Å². The SMILES string of the molecule is O=C([O-])c1cc(=O)c(O)co1.[Li+]. The van der Waals surface area contributed by atoms with E-state index in [1.54, 1.807) is 0 Å². The fourth-order valence-electron chi connectivity index (χ4n) is 0.511. The largest absolute Gasteiger partial charge is 1.00 e. The maximum Gasteiger partial charge on any atom is 1.00 e. The monoisotopic (exact) mass is 162 g/mol. The Morgan fingerprint density at radius 3 is 2.58 bits per heavy atom. The molecule has 5 nitrogen and oxygen atoms in total. The zero-order valence-electron chi connectivity index (χ0n) is 6.23. The molecule has 0 unspecified atom stereocenters. The second kappa shape index (κ2) is 4.00. The van der Waals surface area contributed by atoms with E-state index in [1.165, 1.54) is 0 Å². The molecule has 6 heteroatoms. The number of carboxylic acid groups (broad SMARTS) is 1. The summed E-state index contributed by atoms with van der Waals surface area (Å²) in [6.07, 6.45) is 0.646. The number of carbonyl (C=O) groups excluding carboxylic acids is 1. The number of aromatic carboxylic acids is 1. The van der Waals surface area contributed by atoms with Crippen LogP contribution in [0.4, 0.5) is 0 Å². The first kappa shape index (κ1) is 10.8. The summed E-state index contributed by atoms with van der Waals surface area (Å²) in [6.45, 7) is 0. The van der Waals surface area contributed by atoms with Gasteiger partial charge in [0.15, 0.2) is 11.5 Å². The molecule has 0 aliphatic heterocycles. The van der Waals surface area contributed by atoms with Gasteiger partial charge in [0.25, 0.3) is 0 Å². The Kier molecular flexibility index (Phi) is 3.60. The van der Waals surface area contributed by atoms with Gasteiger partial charge in [-0.25, -0.2) is 0 Å². The van der Waals surface area contributed by atoms with Gasteiger partial charge in [-0.05, 0) is 0 Å². The Hall–Kier alpha value is -1.18. The number of hydrogen-bond donors (Lipinski definition) is 1. The predicted octanol–water partition coefficient (Wildman–Crippen LogP) is -4.29.